The van der Waals surface area contributed by atoms with Gasteiger partial charge in [-0.05, 0) is 36.1 Å². The molecule has 1 aliphatic carbocycles. The average molecular weight is 605 g/mol. The predicted molar refractivity (Wildman–Crippen MR) is 146 cm³/mol. The summed E-state index contributed by atoms with van der Waals surface area (Å²) in [5.41, 5.74) is 2.46. The first-order valence-electron chi connectivity index (χ1n) is 13.5. The van der Waals surface area contributed by atoms with Crippen LogP contribution in [0.5, 0.6) is 5.75 Å². The molecule has 0 aromatic heterocycles. The summed E-state index contributed by atoms with van der Waals surface area (Å²) >= 11 is 6.49. The van der Waals surface area contributed by atoms with Crippen LogP contribution in [0.2, 0.25) is 5.02 Å². The largest absolute Gasteiger partial charge is 0.489 e. The molecule has 0 bridgehead atoms. The quantitative estimate of drug-likeness (QED) is 0.350. The lowest BCUT2D eigenvalue weighted by Crippen LogP contribution is -2.66. The third kappa shape index (κ3) is 7.21. The lowest BCUT2D eigenvalue weighted by molar-refractivity contribution is -0.360. The van der Waals surface area contributed by atoms with Gasteiger partial charge in [-0.3, -0.25) is 19.2 Å². The topological polar surface area (TPSA) is 144 Å². The number of hydrogen-bond donors (Lipinski definition) is 1. The summed E-state index contributed by atoms with van der Waals surface area (Å²) in [6.07, 6.45) is -4.03. The maximum absolute atomic E-state index is 12.2. The molecular formula is C30H33ClO11. The molecule has 0 radical (unpaired) electrons. The number of carbonyl (C=O) groups is 4. The second-order valence-electron chi connectivity index (χ2n) is 10.2. The van der Waals surface area contributed by atoms with E-state index in [1.54, 1.807) is 0 Å². The number of benzene rings is 2. The zero-order valence-corrected chi connectivity index (χ0v) is 24.4. The second kappa shape index (κ2) is 13.1. The van der Waals surface area contributed by atoms with Gasteiger partial charge in [0.05, 0.1) is 5.02 Å². The highest BCUT2D eigenvalue weighted by Gasteiger charge is 2.60. The number of hydrogen-bond acceptors (Lipinski definition) is 11. The van der Waals surface area contributed by atoms with E-state index >= 15 is 0 Å². The highest BCUT2D eigenvalue weighted by molar-refractivity contribution is 6.32. The van der Waals surface area contributed by atoms with Gasteiger partial charge in [-0.1, -0.05) is 41.9 Å². The molecule has 4 rings (SSSR count). The van der Waals surface area contributed by atoms with Crippen molar-refractivity contribution in [3.8, 4) is 5.75 Å². The van der Waals surface area contributed by atoms with Crippen molar-refractivity contribution >= 4 is 35.5 Å². The molecule has 42 heavy (non-hydrogen) atoms. The van der Waals surface area contributed by atoms with E-state index in [-0.39, 0.29) is 22.4 Å². The number of rotatable bonds is 8. The Morgan fingerprint density at radius 1 is 0.905 bits per heavy atom. The third-order valence-electron chi connectivity index (χ3n) is 6.99. The Labute approximate surface area is 247 Å². The summed E-state index contributed by atoms with van der Waals surface area (Å²) < 4.78 is 33.7. The Bertz CT molecular complexity index is 1340. The fraction of sp³-hybridized carbons (Fsp3) is 0.467. The van der Waals surface area contributed by atoms with E-state index in [1.165, 1.54) is 29.3 Å². The van der Waals surface area contributed by atoms with Crippen LogP contribution in [-0.4, -0.2) is 66.1 Å². The normalized spacial score (nSPS) is 26.8. The molecule has 6 atom stereocenters. The zero-order valence-electron chi connectivity index (χ0n) is 23.7. The predicted octanol–water partition coefficient (Wildman–Crippen LogP) is 3.18. The lowest BCUT2D eigenvalue weighted by Gasteiger charge is -2.48. The van der Waals surface area contributed by atoms with Gasteiger partial charge in [0.15, 0.2) is 12.2 Å². The molecule has 1 fully saturated rings. The molecule has 226 valence electrons. The van der Waals surface area contributed by atoms with Crippen LogP contribution < -0.4 is 4.74 Å². The van der Waals surface area contributed by atoms with Gasteiger partial charge >= 0.3 is 23.9 Å². The Hall–Kier alpha value is -3.67. The number of fused-ring (bicyclic) bond motifs is 1. The van der Waals surface area contributed by atoms with Crippen LogP contribution in [0, 0.1) is 0 Å². The van der Waals surface area contributed by atoms with Gasteiger partial charge < -0.3 is 33.5 Å². The lowest BCUT2D eigenvalue weighted by atomic mass is 9.87. The van der Waals surface area contributed by atoms with E-state index in [4.69, 9.17) is 40.0 Å². The number of ether oxygens (including phenoxy) is 6. The molecule has 0 amide bonds. The van der Waals surface area contributed by atoms with Gasteiger partial charge in [0, 0.05) is 39.7 Å². The molecule has 1 saturated heterocycles. The van der Waals surface area contributed by atoms with E-state index in [1.807, 2.05) is 18.2 Å². The number of aliphatic hydroxyl groups is 1. The van der Waals surface area contributed by atoms with Crippen molar-refractivity contribution in [1.82, 2.24) is 0 Å². The van der Waals surface area contributed by atoms with Crippen LogP contribution in [0.4, 0.5) is 0 Å². The van der Waals surface area contributed by atoms with Gasteiger partial charge in [0.1, 0.15) is 24.6 Å². The van der Waals surface area contributed by atoms with Crippen LogP contribution in [0.15, 0.2) is 42.5 Å². The van der Waals surface area contributed by atoms with Crippen molar-refractivity contribution in [2.45, 2.75) is 83.3 Å². The first-order valence-corrected chi connectivity index (χ1v) is 13.8. The Balaban J connectivity index is 1.74. The molecule has 0 saturated carbocycles. The van der Waals surface area contributed by atoms with Crippen molar-refractivity contribution in [2.75, 3.05) is 6.61 Å². The number of carbonyl (C=O) groups excluding carboxylic acids is 4. The number of aryl methyl sites for hydroxylation is 1. The van der Waals surface area contributed by atoms with E-state index in [0.29, 0.717) is 6.42 Å². The molecule has 1 aliphatic heterocycles. The van der Waals surface area contributed by atoms with Gasteiger partial charge in [-0.25, -0.2) is 0 Å². The van der Waals surface area contributed by atoms with Gasteiger partial charge in [-0.2, -0.15) is 0 Å². The highest BCUT2D eigenvalue weighted by Crippen LogP contribution is 2.43. The first-order chi connectivity index (χ1) is 19.9. The van der Waals surface area contributed by atoms with Crippen LogP contribution in [0.3, 0.4) is 0 Å². The molecule has 1 N–H and O–H groups in total. The summed E-state index contributed by atoms with van der Waals surface area (Å²) in [5, 5.41) is 12.4. The molecule has 2 aromatic carbocycles. The average Bonchev–Trinajstić information content (AvgIpc) is 2.91. The van der Waals surface area contributed by atoms with Gasteiger partial charge in [0.25, 0.3) is 0 Å². The Morgan fingerprint density at radius 3 is 2.19 bits per heavy atom. The van der Waals surface area contributed by atoms with Crippen molar-refractivity contribution in [3.05, 3.63) is 64.2 Å². The summed E-state index contributed by atoms with van der Waals surface area (Å²) in [6.45, 7) is 3.98. The highest BCUT2D eigenvalue weighted by atomic mass is 35.5. The van der Waals surface area contributed by atoms with Crippen molar-refractivity contribution in [2.24, 2.45) is 0 Å². The minimum atomic E-state index is -2.49. The molecule has 1 unspecified atom stereocenters. The van der Waals surface area contributed by atoms with E-state index in [2.05, 4.69) is 6.07 Å². The van der Waals surface area contributed by atoms with Gasteiger partial charge in [0.2, 0.25) is 11.9 Å². The number of halogens is 1. The molecule has 0 spiro atoms. The zero-order chi connectivity index (χ0) is 30.6. The monoisotopic (exact) mass is 604 g/mol. The van der Waals surface area contributed by atoms with Crippen LogP contribution in [-0.2, 0) is 61.5 Å². The number of esters is 4. The molecule has 11 nitrogen and oxygen atoms in total. The van der Waals surface area contributed by atoms with Crippen LogP contribution in [0.25, 0.3) is 0 Å². The maximum atomic E-state index is 12.2. The van der Waals surface area contributed by atoms with Crippen molar-refractivity contribution in [3.63, 3.8) is 0 Å². The van der Waals surface area contributed by atoms with Gasteiger partial charge in [-0.15, -0.1) is 0 Å². The molecule has 1 heterocycles. The van der Waals surface area contributed by atoms with E-state index in [0.717, 1.165) is 40.5 Å². The molecular weight excluding hydrogens is 572 g/mol. The smallest absolute Gasteiger partial charge is 0.303 e. The Morgan fingerprint density at radius 2 is 1.55 bits per heavy atom. The second-order valence-corrected chi connectivity index (χ2v) is 10.6. The fourth-order valence-corrected chi connectivity index (χ4v) is 5.44. The van der Waals surface area contributed by atoms with Crippen LogP contribution >= 0.6 is 11.6 Å². The maximum Gasteiger partial charge on any atom is 0.303 e. The van der Waals surface area contributed by atoms with Crippen molar-refractivity contribution < 1.29 is 52.7 Å². The van der Waals surface area contributed by atoms with Crippen molar-refractivity contribution in [1.29, 1.82) is 0 Å². The summed E-state index contributed by atoms with van der Waals surface area (Å²) in [7, 11) is 0. The first kappa shape index (κ1) is 31.3. The minimum Gasteiger partial charge on any atom is -0.489 e. The fourth-order valence-electron chi connectivity index (χ4n) is 5.27. The summed E-state index contributed by atoms with van der Waals surface area (Å²) in [4.78, 5) is 48.0. The summed E-state index contributed by atoms with van der Waals surface area (Å²) in [5.74, 6) is -5.37. The van der Waals surface area contributed by atoms with Crippen LogP contribution in [0.1, 0.15) is 50.8 Å². The Kier molecular flexibility index (Phi) is 9.75. The third-order valence-corrected chi connectivity index (χ3v) is 7.31. The minimum absolute atomic E-state index is 0.0376. The SMILES string of the molecule is CC(=O)OC[C@H]1O[C@](O)(c2ccc(Cl)c(OC3CCc4ccccc4C3)c2)[C@H](OC(C)=O)[C@@H](OC(C)=O)[C@@H]1OC(C)=O. The van der Waals surface area contributed by atoms with E-state index in [9.17, 15) is 24.3 Å². The van der Waals surface area contributed by atoms with E-state index < -0.39 is 60.7 Å². The standard InChI is InChI=1S/C30H33ClO11/c1-16(32)37-15-26-27(38-17(2)33)28(39-18(3)34)29(40-19(4)35)30(36,42-26)22-10-12-24(31)25(14-22)41-23-11-9-20-7-5-6-8-21(20)13-23/h5-8,10,12,14,23,26-29,36H,9,11,13,15H2,1-4H3/t23?,26-,27-,28+,29-,30-/m1/s1. The molecule has 2 aliphatic rings. The molecule has 2 aromatic rings. The summed E-state index contributed by atoms with van der Waals surface area (Å²) in [6, 6.07) is 12.4. The molecule has 12 heteroatoms.